The number of nitrogens with one attached hydrogen (secondary N) is 2. The Hall–Kier alpha value is -2.34. The maximum atomic E-state index is 12.2. The molecule has 1 aliphatic rings. The Kier molecular flexibility index (Phi) is 5.93. The zero-order valence-electron chi connectivity index (χ0n) is 15.2. The molecule has 1 aromatic carbocycles. The summed E-state index contributed by atoms with van der Waals surface area (Å²) in [7, 11) is 0. The largest absolute Gasteiger partial charge is 0.361 e. The molecule has 2 amide bonds. The van der Waals surface area contributed by atoms with Gasteiger partial charge < -0.3 is 15.5 Å². The van der Waals surface area contributed by atoms with Gasteiger partial charge in [-0.3, -0.25) is 9.59 Å². The van der Waals surface area contributed by atoms with Gasteiger partial charge in [-0.25, -0.2) is 0 Å². The van der Waals surface area contributed by atoms with E-state index in [0.29, 0.717) is 19.0 Å². The zero-order chi connectivity index (χ0) is 18.5. The quantitative estimate of drug-likeness (QED) is 0.768. The van der Waals surface area contributed by atoms with E-state index in [0.717, 1.165) is 13.0 Å². The number of carbonyl (C=O) groups is 2. The molecule has 1 aromatic heterocycles. The minimum atomic E-state index is -0.570. The first-order valence-corrected chi connectivity index (χ1v) is 9.88. The molecule has 0 unspecified atom stereocenters. The van der Waals surface area contributed by atoms with Crippen LogP contribution in [0.3, 0.4) is 0 Å². The summed E-state index contributed by atoms with van der Waals surface area (Å²) in [6, 6.07) is 12.5. The fourth-order valence-corrected chi connectivity index (χ4v) is 4.02. The molecule has 0 aliphatic carbocycles. The number of anilines is 1. The monoisotopic (exact) mass is 371 g/mol. The Morgan fingerprint density at radius 1 is 1.08 bits per heavy atom. The lowest BCUT2D eigenvalue weighted by molar-refractivity contribution is -0.139. The number of rotatable bonds is 6. The van der Waals surface area contributed by atoms with Crippen LogP contribution in [0, 0.1) is 5.92 Å². The molecule has 2 N–H and O–H groups in total. The lowest BCUT2D eigenvalue weighted by Crippen LogP contribution is -2.44. The van der Waals surface area contributed by atoms with Crippen LogP contribution < -0.4 is 15.5 Å². The Morgan fingerprint density at radius 2 is 1.81 bits per heavy atom. The molecule has 0 fully saturated rings. The van der Waals surface area contributed by atoms with Crippen LogP contribution in [-0.4, -0.2) is 31.4 Å². The van der Waals surface area contributed by atoms with E-state index in [-0.39, 0.29) is 6.04 Å². The van der Waals surface area contributed by atoms with Gasteiger partial charge in [0.15, 0.2) is 0 Å². The van der Waals surface area contributed by atoms with Crippen LogP contribution in [0.2, 0.25) is 0 Å². The molecule has 0 bridgehead atoms. The fraction of sp³-hybridized carbons (Fsp3) is 0.400. The van der Waals surface area contributed by atoms with Gasteiger partial charge in [-0.05, 0) is 35.4 Å². The molecular formula is C20H25N3O2S. The second-order valence-electron chi connectivity index (χ2n) is 6.92. The van der Waals surface area contributed by atoms with Gasteiger partial charge >= 0.3 is 11.8 Å². The zero-order valence-corrected chi connectivity index (χ0v) is 16.0. The van der Waals surface area contributed by atoms with E-state index in [1.165, 1.54) is 16.1 Å². The first kappa shape index (κ1) is 18.5. The minimum Gasteiger partial charge on any atom is -0.361 e. The van der Waals surface area contributed by atoms with Crippen LogP contribution in [-0.2, 0) is 16.0 Å². The molecule has 138 valence electrons. The van der Waals surface area contributed by atoms with Gasteiger partial charge in [-0.15, -0.1) is 11.3 Å². The third kappa shape index (κ3) is 4.25. The van der Waals surface area contributed by atoms with Crippen molar-refractivity contribution >= 4 is 28.8 Å². The highest BCUT2D eigenvalue weighted by molar-refractivity contribution is 7.10. The molecule has 1 atom stereocenters. The molecule has 0 spiro atoms. The number of hydrogen-bond acceptors (Lipinski definition) is 4. The van der Waals surface area contributed by atoms with E-state index in [2.05, 4.69) is 39.8 Å². The van der Waals surface area contributed by atoms with Gasteiger partial charge in [-0.2, -0.15) is 0 Å². The van der Waals surface area contributed by atoms with Crippen molar-refractivity contribution in [2.24, 2.45) is 5.92 Å². The van der Waals surface area contributed by atoms with Crippen LogP contribution in [0.1, 0.15) is 30.3 Å². The summed E-state index contributed by atoms with van der Waals surface area (Å²) in [6.07, 6.45) is 1.00. The normalized spacial score (nSPS) is 14.2. The molecule has 3 rings (SSSR count). The summed E-state index contributed by atoms with van der Waals surface area (Å²) in [5.41, 5.74) is 2.54. The molecule has 0 saturated carbocycles. The summed E-state index contributed by atoms with van der Waals surface area (Å²) < 4.78 is 0. The Labute approximate surface area is 158 Å². The molecule has 2 aromatic rings. The topological polar surface area (TPSA) is 61.4 Å². The third-order valence-electron chi connectivity index (χ3n) is 4.50. The minimum absolute atomic E-state index is 0.0282. The number of fused-ring (bicyclic) bond motifs is 1. The summed E-state index contributed by atoms with van der Waals surface area (Å²) in [6.45, 7) is 5.81. The highest BCUT2D eigenvalue weighted by Crippen LogP contribution is 2.36. The van der Waals surface area contributed by atoms with Crippen LogP contribution in [0.5, 0.6) is 0 Å². The number of para-hydroxylation sites is 1. The highest BCUT2D eigenvalue weighted by atomic mass is 32.1. The number of nitrogens with zero attached hydrogens (tertiary/aromatic N) is 1. The van der Waals surface area contributed by atoms with Crippen molar-refractivity contribution in [3.63, 3.8) is 0 Å². The number of thiophene rings is 1. The van der Waals surface area contributed by atoms with Gasteiger partial charge in [-0.1, -0.05) is 38.1 Å². The van der Waals surface area contributed by atoms with E-state index < -0.39 is 11.8 Å². The van der Waals surface area contributed by atoms with Crippen molar-refractivity contribution in [2.45, 2.75) is 26.3 Å². The second kappa shape index (κ2) is 8.36. The predicted molar refractivity (Wildman–Crippen MR) is 105 cm³/mol. The Morgan fingerprint density at radius 3 is 2.50 bits per heavy atom. The predicted octanol–water partition coefficient (Wildman–Crippen LogP) is 2.74. The number of hydrogen-bond donors (Lipinski definition) is 2. The van der Waals surface area contributed by atoms with Crippen LogP contribution >= 0.6 is 11.3 Å². The van der Waals surface area contributed by atoms with Crippen molar-refractivity contribution in [1.82, 2.24) is 10.6 Å². The fourth-order valence-electron chi connectivity index (χ4n) is 3.18. The second-order valence-corrected chi connectivity index (χ2v) is 7.90. The first-order chi connectivity index (χ1) is 12.6. The summed E-state index contributed by atoms with van der Waals surface area (Å²) >= 11 is 1.67. The maximum Gasteiger partial charge on any atom is 0.309 e. The number of carbonyl (C=O) groups excluding carboxylic acids is 2. The number of amides is 2. The van der Waals surface area contributed by atoms with Gasteiger partial charge in [0.05, 0.1) is 6.04 Å². The Bertz CT molecular complexity index is 758. The standard InChI is InChI=1S/C20H25N3O2S/c1-14(2)12-21-19(24)20(25)22-13-17(18-8-5-11-26-18)23-10-9-15-6-3-4-7-16(15)23/h3-8,11,14,17H,9-10,12-13H2,1-2H3,(H,21,24)(H,22,25)/t17-/m0/s1. The molecule has 6 heteroatoms. The SMILES string of the molecule is CC(C)CNC(=O)C(=O)NC[C@@H](c1cccs1)N1CCc2ccccc21. The molecule has 1 aliphatic heterocycles. The smallest absolute Gasteiger partial charge is 0.309 e. The third-order valence-corrected chi connectivity index (χ3v) is 5.48. The highest BCUT2D eigenvalue weighted by Gasteiger charge is 2.28. The molecule has 0 radical (unpaired) electrons. The van der Waals surface area contributed by atoms with Gasteiger partial charge in [0.25, 0.3) is 0 Å². The van der Waals surface area contributed by atoms with E-state index in [1.54, 1.807) is 11.3 Å². The number of benzene rings is 1. The van der Waals surface area contributed by atoms with Crippen molar-refractivity contribution in [2.75, 3.05) is 24.5 Å². The lowest BCUT2D eigenvalue weighted by atomic mass is 10.1. The van der Waals surface area contributed by atoms with Crippen LogP contribution in [0.15, 0.2) is 41.8 Å². The maximum absolute atomic E-state index is 12.2. The van der Waals surface area contributed by atoms with E-state index in [9.17, 15) is 9.59 Å². The van der Waals surface area contributed by atoms with Gasteiger partial charge in [0, 0.05) is 30.2 Å². The van der Waals surface area contributed by atoms with Gasteiger partial charge in [0.1, 0.15) is 0 Å². The molecule has 5 nitrogen and oxygen atoms in total. The van der Waals surface area contributed by atoms with Crippen molar-refractivity contribution < 1.29 is 9.59 Å². The van der Waals surface area contributed by atoms with Crippen LogP contribution in [0.25, 0.3) is 0 Å². The van der Waals surface area contributed by atoms with E-state index in [4.69, 9.17) is 0 Å². The van der Waals surface area contributed by atoms with Gasteiger partial charge in [0.2, 0.25) is 0 Å². The molecular weight excluding hydrogens is 346 g/mol. The summed E-state index contributed by atoms with van der Waals surface area (Å²) in [5.74, 6) is -0.822. The Balaban J connectivity index is 1.69. The van der Waals surface area contributed by atoms with Crippen molar-refractivity contribution in [1.29, 1.82) is 0 Å². The average molecular weight is 372 g/mol. The molecule has 0 saturated heterocycles. The summed E-state index contributed by atoms with van der Waals surface area (Å²) in [5, 5.41) is 7.52. The molecule has 26 heavy (non-hydrogen) atoms. The lowest BCUT2D eigenvalue weighted by Gasteiger charge is -2.30. The average Bonchev–Trinajstić information content (AvgIpc) is 3.30. The summed E-state index contributed by atoms with van der Waals surface area (Å²) in [4.78, 5) is 27.6. The van der Waals surface area contributed by atoms with Crippen molar-refractivity contribution in [3.05, 3.63) is 52.2 Å². The van der Waals surface area contributed by atoms with Crippen LogP contribution in [0.4, 0.5) is 5.69 Å². The van der Waals surface area contributed by atoms with E-state index in [1.807, 2.05) is 31.4 Å². The molecule has 2 heterocycles. The first-order valence-electron chi connectivity index (χ1n) is 9.00. The van der Waals surface area contributed by atoms with Crippen molar-refractivity contribution in [3.8, 4) is 0 Å². The van der Waals surface area contributed by atoms with E-state index >= 15 is 0 Å².